The maximum atomic E-state index is 11.6. The van der Waals surface area contributed by atoms with Crippen LogP contribution in [0.4, 0.5) is 0 Å². The number of hydrogen-bond acceptors (Lipinski definition) is 3. The van der Waals surface area contributed by atoms with Crippen LogP contribution in [0.25, 0.3) is 0 Å². The summed E-state index contributed by atoms with van der Waals surface area (Å²) in [6, 6.07) is 9.18. The molecule has 4 N–H and O–H groups in total. The molecular formula is C13H20N2O2. The first-order chi connectivity index (χ1) is 7.88. The number of carbonyl (C=O) groups is 1. The van der Waals surface area contributed by atoms with Gasteiger partial charge in [0.25, 0.3) is 0 Å². The Labute approximate surface area is 102 Å². The summed E-state index contributed by atoms with van der Waals surface area (Å²) in [5.41, 5.74) is 5.95. The molecule has 1 atom stereocenters. The second-order valence-corrected chi connectivity index (χ2v) is 4.81. The smallest absolute Gasteiger partial charge is 0.222 e. The largest absolute Gasteiger partial charge is 0.389 e. The summed E-state index contributed by atoms with van der Waals surface area (Å²) in [5, 5.41) is 12.1. The predicted molar refractivity (Wildman–Crippen MR) is 67.3 cm³/mol. The third-order valence-electron chi connectivity index (χ3n) is 2.35. The van der Waals surface area contributed by atoms with Gasteiger partial charge in [-0.05, 0) is 19.4 Å². The zero-order valence-electron chi connectivity index (χ0n) is 10.3. The van der Waals surface area contributed by atoms with E-state index in [0.717, 1.165) is 5.56 Å². The first-order valence-electron chi connectivity index (χ1n) is 5.68. The average molecular weight is 236 g/mol. The number of rotatable bonds is 5. The third-order valence-corrected chi connectivity index (χ3v) is 2.35. The molecule has 0 fully saturated rings. The van der Waals surface area contributed by atoms with Gasteiger partial charge >= 0.3 is 0 Å². The maximum absolute atomic E-state index is 11.6. The van der Waals surface area contributed by atoms with Crippen LogP contribution >= 0.6 is 0 Å². The van der Waals surface area contributed by atoms with E-state index in [0.29, 0.717) is 0 Å². The molecule has 0 spiro atoms. The first kappa shape index (κ1) is 13.7. The van der Waals surface area contributed by atoms with Crippen molar-refractivity contribution in [3.05, 3.63) is 35.9 Å². The number of benzene rings is 1. The summed E-state index contributed by atoms with van der Waals surface area (Å²) in [6.45, 7) is 3.52. The molecule has 4 heteroatoms. The summed E-state index contributed by atoms with van der Waals surface area (Å²) in [7, 11) is 0. The van der Waals surface area contributed by atoms with Crippen molar-refractivity contribution >= 4 is 5.91 Å². The number of amides is 1. The van der Waals surface area contributed by atoms with E-state index in [4.69, 9.17) is 5.73 Å². The molecule has 0 bridgehead atoms. The van der Waals surface area contributed by atoms with Gasteiger partial charge in [0.2, 0.25) is 5.91 Å². The Morgan fingerprint density at radius 2 is 2.00 bits per heavy atom. The fourth-order valence-electron chi connectivity index (χ4n) is 1.40. The Balaban J connectivity index is 2.42. The van der Waals surface area contributed by atoms with Gasteiger partial charge in [-0.2, -0.15) is 0 Å². The fourth-order valence-corrected chi connectivity index (χ4v) is 1.40. The molecule has 0 radical (unpaired) electrons. The highest BCUT2D eigenvalue weighted by Crippen LogP contribution is 2.12. The molecule has 1 amide bonds. The van der Waals surface area contributed by atoms with Gasteiger partial charge in [-0.15, -0.1) is 0 Å². The number of aliphatic hydroxyl groups is 1. The zero-order chi connectivity index (χ0) is 12.9. The van der Waals surface area contributed by atoms with Crippen LogP contribution in [-0.4, -0.2) is 23.2 Å². The highest BCUT2D eigenvalue weighted by Gasteiger charge is 2.16. The molecule has 1 aromatic rings. The van der Waals surface area contributed by atoms with Gasteiger partial charge in [0.1, 0.15) is 0 Å². The van der Waals surface area contributed by atoms with Gasteiger partial charge in [-0.25, -0.2) is 0 Å². The zero-order valence-corrected chi connectivity index (χ0v) is 10.3. The van der Waals surface area contributed by atoms with Crippen molar-refractivity contribution in [2.24, 2.45) is 5.73 Å². The minimum absolute atomic E-state index is 0.150. The van der Waals surface area contributed by atoms with Crippen molar-refractivity contribution in [1.82, 2.24) is 5.32 Å². The lowest BCUT2D eigenvalue weighted by Crippen LogP contribution is -2.39. The minimum Gasteiger partial charge on any atom is -0.389 e. The molecule has 0 aliphatic heterocycles. The minimum atomic E-state index is -0.896. The SMILES string of the molecule is CC(C)(O)CNC(=O)CC(N)c1ccccc1. The quantitative estimate of drug-likeness (QED) is 0.713. The van der Waals surface area contributed by atoms with Gasteiger partial charge in [0.05, 0.1) is 5.60 Å². The maximum Gasteiger partial charge on any atom is 0.222 e. The summed E-state index contributed by atoms with van der Waals surface area (Å²) in [4.78, 5) is 11.6. The van der Waals surface area contributed by atoms with Crippen LogP contribution < -0.4 is 11.1 Å². The fraction of sp³-hybridized carbons (Fsp3) is 0.462. The van der Waals surface area contributed by atoms with E-state index >= 15 is 0 Å². The van der Waals surface area contributed by atoms with Crippen LogP contribution in [-0.2, 0) is 4.79 Å². The van der Waals surface area contributed by atoms with E-state index < -0.39 is 5.60 Å². The molecule has 17 heavy (non-hydrogen) atoms. The summed E-state index contributed by atoms with van der Waals surface area (Å²) in [6.07, 6.45) is 0.222. The lowest BCUT2D eigenvalue weighted by atomic mass is 10.0. The van der Waals surface area contributed by atoms with Crippen LogP contribution in [0.2, 0.25) is 0 Å². The normalized spacial score (nSPS) is 13.2. The number of nitrogens with two attached hydrogens (primary N) is 1. The molecule has 1 aromatic carbocycles. The Morgan fingerprint density at radius 3 is 2.53 bits per heavy atom. The summed E-state index contributed by atoms with van der Waals surface area (Å²) in [5.74, 6) is -0.150. The molecule has 1 unspecified atom stereocenters. The summed E-state index contributed by atoms with van der Waals surface area (Å²) >= 11 is 0. The molecule has 4 nitrogen and oxygen atoms in total. The second kappa shape index (κ2) is 5.80. The first-order valence-corrected chi connectivity index (χ1v) is 5.68. The van der Waals surface area contributed by atoms with Crippen LogP contribution in [0.5, 0.6) is 0 Å². The van der Waals surface area contributed by atoms with Gasteiger partial charge in [0, 0.05) is 19.0 Å². The predicted octanol–water partition coefficient (Wildman–Crippen LogP) is 0.964. The van der Waals surface area contributed by atoms with Crippen molar-refractivity contribution in [1.29, 1.82) is 0 Å². The number of hydrogen-bond donors (Lipinski definition) is 3. The van der Waals surface area contributed by atoms with Crippen molar-refractivity contribution < 1.29 is 9.90 Å². The van der Waals surface area contributed by atoms with E-state index in [9.17, 15) is 9.90 Å². The lowest BCUT2D eigenvalue weighted by molar-refractivity contribution is -0.122. The molecule has 0 aromatic heterocycles. The summed E-state index contributed by atoms with van der Waals surface area (Å²) < 4.78 is 0. The topological polar surface area (TPSA) is 75.3 Å². The lowest BCUT2D eigenvalue weighted by Gasteiger charge is -2.18. The number of carbonyl (C=O) groups excluding carboxylic acids is 1. The van der Waals surface area contributed by atoms with E-state index in [1.165, 1.54) is 0 Å². The highest BCUT2D eigenvalue weighted by atomic mass is 16.3. The standard InChI is InChI=1S/C13H20N2O2/c1-13(2,17)9-15-12(16)8-11(14)10-6-4-3-5-7-10/h3-7,11,17H,8-9,14H2,1-2H3,(H,15,16). The van der Waals surface area contributed by atoms with Crippen molar-refractivity contribution in [3.63, 3.8) is 0 Å². The average Bonchev–Trinajstić information content (AvgIpc) is 2.27. The Bertz CT molecular complexity index is 357. The van der Waals surface area contributed by atoms with E-state index in [2.05, 4.69) is 5.32 Å². The van der Waals surface area contributed by atoms with Crippen LogP contribution in [0, 0.1) is 0 Å². The Morgan fingerprint density at radius 1 is 1.41 bits per heavy atom. The van der Waals surface area contributed by atoms with Crippen molar-refractivity contribution in [3.8, 4) is 0 Å². The number of nitrogens with one attached hydrogen (secondary N) is 1. The molecule has 0 saturated heterocycles. The van der Waals surface area contributed by atoms with Crippen molar-refractivity contribution in [2.45, 2.75) is 31.9 Å². The molecule has 94 valence electrons. The van der Waals surface area contributed by atoms with Crippen LogP contribution in [0.3, 0.4) is 0 Å². The molecule has 1 rings (SSSR count). The van der Waals surface area contributed by atoms with Crippen LogP contribution in [0.15, 0.2) is 30.3 Å². The molecule has 0 saturated carbocycles. The third kappa shape index (κ3) is 5.47. The molecule has 0 aliphatic rings. The monoisotopic (exact) mass is 236 g/mol. The van der Waals surface area contributed by atoms with Crippen molar-refractivity contribution in [2.75, 3.05) is 6.54 Å². The molecular weight excluding hydrogens is 216 g/mol. The van der Waals surface area contributed by atoms with Gasteiger partial charge in [-0.1, -0.05) is 30.3 Å². The second-order valence-electron chi connectivity index (χ2n) is 4.81. The van der Waals surface area contributed by atoms with Gasteiger partial charge < -0.3 is 16.2 Å². The van der Waals surface area contributed by atoms with E-state index in [1.807, 2.05) is 30.3 Å². The van der Waals surface area contributed by atoms with Crippen LogP contribution in [0.1, 0.15) is 31.9 Å². The van der Waals surface area contributed by atoms with E-state index in [-0.39, 0.29) is 24.9 Å². The molecule has 0 aliphatic carbocycles. The Kier molecular flexibility index (Phi) is 4.66. The van der Waals surface area contributed by atoms with Gasteiger partial charge in [0.15, 0.2) is 0 Å². The van der Waals surface area contributed by atoms with E-state index in [1.54, 1.807) is 13.8 Å². The van der Waals surface area contributed by atoms with Gasteiger partial charge in [-0.3, -0.25) is 4.79 Å². The highest BCUT2D eigenvalue weighted by molar-refractivity contribution is 5.76. The molecule has 0 heterocycles. The Hall–Kier alpha value is -1.39.